The lowest BCUT2D eigenvalue weighted by atomic mass is 10.2. The minimum atomic E-state index is 0.640. The molecule has 2 N–H and O–H groups in total. The molecule has 0 amide bonds. The van der Waals surface area contributed by atoms with Gasteiger partial charge >= 0.3 is 0 Å². The van der Waals surface area contributed by atoms with Crippen LogP contribution < -0.4 is 5.73 Å². The van der Waals surface area contributed by atoms with Crippen molar-refractivity contribution >= 4 is 23.1 Å². The molecule has 0 bridgehead atoms. The zero-order valence-electron chi connectivity index (χ0n) is 10.5. The van der Waals surface area contributed by atoms with Gasteiger partial charge in [-0.05, 0) is 12.8 Å². The Bertz CT molecular complexity index is 310. The predicted molar refractivity (Wildman–Crippen MR) is 75.0 cm³/mol. The Balaban J connectivity index is 2.60. The van der Waals surface area contributed by atoms with E-state index in [1.54, 1.807) is 11.3 Å². The summed E-state index contributed by atoms with van der Waals surface area (Å²) in [6.45, 7) is 7.33. The summed E-state index contributed by atoms with van der Waals surface area (Å²) >= 11 is 3.78. The van der Waals surface area contributed by atoms with Crippen LogP contribution in [0, 0.1) is 0 Å². The lowest BCUT2D eigenvalue weighted by Gasteiger charge is -2.05. The molecule has 0 radical (unpaired) electrons. The number of aryl methyl sites for hydroxylation is 1. The third kappa shape index (κ3) is 4.07. The summed E-state index contributed by atoms with van der Waals surface area (Å²) in [4.78, 5) is 5.97. The van der Waals surface area contributed by atoms with Crippen LogP contribution in [0.3, 0.4) is 0 Å². The number of aromatic nitrogens is 1. The molecule has 0 aliphatic carbocycles. The van der Waals surface area contributed by atoms with Crippen molar-refractivity contribution < 1.29 is 0 Å². The summed E-state index contributed by atoms with van der Waals surface area (Å²) in [7, 11) is 0. The zero-order chi connectivity index (χ0) is 12.0. The Labute approximate surface area is 107 Å². The smallest absolute Gasteiger partial charge is 0.103 e. The van der Waals surface area contributed by atoms with Gasteiger partial charge in [-0.15, -0.1) is 11.3 Å². The van der Waals surface area contributed by atoms with Crippen LogP contribution in [0.5, 0.6) is 0 Å². The second kappa shape index (κ2) is 7.30. The van der Waals surface area contributed by atoms with E-state index in [-0.39, 0.29) is 0 Å². The fourth-order valence-electron chi connectivity index (χ4n) is 1.42. The minimum absolute atomic E-state index is 0.640. The topological polar surface area (TPSA) is 38.9 Å². The van der Waals surface area contributed by atoms with Crippen LogP contribution in [0.25, 0.3) is 0 Å². The molecule has 0 aromatic carbocycles. The monoisotopic (exact) mass is 258 g/mol. The predicted octanol–water partition coefficient (Wildman–Crippen LogP) is 3.59. The number of nitrogens with two attached hydrogens (primary N) is 1. The second-order valence-corrected chi connectivity index (χ2v) is 6.56. The van der Waals surface area contributed by atoms with Gasteiger partial charge in [-0.1, -0.05) is 27.2 Å². The van der Waals surface area contributed by atoms with Crippen molar-refractivity contribution in [3.8, 4) is 0 Å². The van der Waals surface area contributed by atoms with Crippen molar-refractivity contribution in [3.05, 3.63) is 15.6 Å². The van der Waals surface area contributed by atoms with Crippen LogP contribution in [-0.2, 0) is 18.7 Å². The first-order chi connectivity index (χ1) is 7.71. The number of thiazole rings is 1. The summed E-state index contributed by atoms with van der Waals surface area (Å²) in [6, 6.07) is 0. The molecule has 16 heavy (non-hydrogen) atoms. The quantitative estimate of drug-likeness (QED) is 0.812. The molecule has 0 saturated heterocycles. The molecule has 1 atom stereocenters. The van der Waals surface area contributed by atoms with E-state index in [2.05, 4.69) is 20.8 Å². The Hall–Kier alpha value is -0.0600. The summed E-state index contributed by atoms with van der Waals surface area (Å²) in [5.74, 6) is 1.04. The van der Waals surface area contributed by atoms with E-state index in [1.807, 2.05) is 11.8 Å². The summed E-state index contributed by atoms with van der Waals surface area (Å²) in [5.41, 5.74) is 6.97. The number of hydrogen-bond donors (Lipinski definition) is 1. The normalized spacial score (nSPS) is 13.0. The Kier molecular flexibility index (Phi) is 6.39. The van der Waals surface area contributed by atoms with Crippen molar-refractivity contribution in [2.45, 2.75) is 57.6 Å². The molecule has 0 aliphatic rings. The Morgan fingerprint density at radius 3 is 2.75 bits per heavy atom. The van der Waals surface area contributed by atoms with E-state index < -0.39 is 0 Å². The third-order valence-electron chi connectivity index (χ3n) is 2.56. The maximum absolute atomic E-state index is 5.74. The maximum Gasteiger partial charge on any atom is 0.103 e. The van der Waals surface area contributed by atoms with Crippen molar-refractivity contribution in [2.24, 2.45) is 5.73 Å². The first-order valence-corrected chi connectivity index (χ1v) is 7.86. The van der Waals surface area contributed by atoms with Gasteiger partial charge in [0, 0.05) is 22.4 Å². The highest BCUT2D eigenvalue weighted by atomic mass is 32.2. The third-order valence-corrected chi connectivity index (χ3v) is 5.21. The average Bonchev–Trinajstić information content (AvgIpc) is 2.69. The lowest BCUT2D eigenvalue weighted by Crippen LogP contribution is -1.98. The van der Waals surface area contributed by atoms with Crippen molar-refractivity contribution in [2.75, 3.05) is 0 Å². The van der Waals surface area contributed by atoms with Gasteiger partial charge in [0.1, 0.15) is 5.01 Å². The van der Waals surface area contributed by atoms with E-state index in [0.29, 0.717) is 6.54 Å². The van der Waals surface area contributed by atoms with E-state index in [1.165, 1.54) is 22.0 Å². The molecule has 1 unspecified atom stereocenters. The van der Waals surface area contributed by atoms with E-state index >= 15 is 0 Å². The highest BCUT2D eigenvalue weighted by Gasteiger charge is 2.10. The molecule has 1 heterocycles. The van der Waals surface area contributed by atoms with Crippen LogP contribution in [-0.4, -0.2) is 10.2 Å². The molecule has 2 nitrogen and oxygen atoms in total. The van der Waals surface area contributed by atoms with Crippen LogP contribution in [0.2, 0.25) is 0 Å². The number of nitrogens with zero attached hydrogens (tertiary/aromatic N) is 1. The van der Waals surface area contributed by atoms with Gasteiger partial charge in [-0.3, -0.25) is 0 Å². The van der Waals surface area contributed by atoms with Crippen LogP contribution in [0.4, 0.5) is 0 Å². The fraction of sp³-hybridized carbons (Fsp3) is 0.750. The van der Waals surface area contributed by atoms with E-state index in [9.17, 15) is 0 Å². The first kappa shape index (κ1) is 14.0. The Morgan fingerprint density at radius 2 is 2.19 bits per heavy atom. The van der Waals surface area contributed by atoms with Crippen molar-refractivity contribution in [3.63, 3.8) is 0 Å². The second-order valence-electron chi connectivity index (χ2n) is 3.96. The highest BCUT2D eigenvalue weighted by molar-refractivity contribution is 7.99. The summed E-state index contributed by atoms with van der Waals surface area (Å²) in [5, 5.41) is 1.97. The average molecular weight is 258 g/mol. The van der Waals surface area contributed by atoms with Gasteiger partial charge in [0.15, 0.2) is 0 Å². The Morgan fingerprint density at radius 1 is 1.44 bits per heavy atom. The molecule has 92 valence electrons. The van der Waals surface area contributed by atoms with Gasteiger partial charge in [-0.2, -0.15) is 11.8 Å². The SMILES string of the molecule is CCCc1nc(CSC(C)CC)sc1CN. The number of hydrogen-bond acceptors (Lipinski definition) is 4. The highest BCUT2D eigenvalue weighted by Crippen LogP contribution is 2.25. The van der Waals surface area contributed by atoms with Gasteiger partial charge in [0.05, 0.1) is 5.69 Å². The van der Waals surface area contributed by atoms with Gasteiger partial charge in [-0.25, -0.2) is 4.98 Å². The van der Waals surface area contributed by atoms with Gasteiger partial charge in [0.2, 0.25) is 0 Å². The molecule has 0 spiro atoms. The van der Waals surface area contributed by atoms with Crippen molar-refractivity contribution in [1.82, 2.24) is 4.98 Å². The van der Waals surface area contributed by atoms with Gasteiger partial charge in [0.25, 0.3) is 0 Å². The molecular weight excluding hydrogens is 236 g/mol. The molecule has 0 fully saturated rings. The standard InChI is InChI=1S/C12H22N2S2/c1-4-6-10-11(7-13)16-12(14-10)8-15-9(3)5-2/h9H,4-8,13H2,1-3H3. The molecule has 0 aliphatic heterocycles. The molecule has 1 aromatic heterocycles. The molecular formula is C12H22N2S2. The zero-order valence-corrected chi connectivity index (χ0v) is 12.1. The van der Waals surface area contributed by atoms with Gasteiger partial charge < -0.3 is 5.73 Å². The van der Waals surface area contributed by atoms with Crippen LogP contribution in [0.1, 0.15) is 49.2 Å². The molecule has 1 aromatic rings. The number of thioether (sulfide) groups is 1. The maximum atomic E-state index is 5.74. The molecule has 1 rings (SSSR count). The largest absolute Gasteiger partial charge is 0.326 e. The minimum Gasteiger partial charge on any atom is -0.326 e. The van der Waals surface area contributed by atoms with Crippen molar-refractivity contribution in [1.29, 1.82) is 0 Å². The number of rotatable bonds is 7. The lowest BCUT2D eigenvalue weighted by molar-refractivity contribution is 0.865. The van der Waals surface area contributed by atoms with E-state index in [4.69, 9.17) is 10.7 Å². The molecule has 0 saturated carbocycles. The fourth-order valence-corrected chi connectivity index (χ4v) is 3.38. The van der Waals surface area contributed by atoms with Crippen LogP contribution >= 0.6 is 23.1 Å². The summed E-state index contributed by atoms with van der Waals surface area (Å²) in [6.07, 6.45) is 3.44. The molecule has 4 heteroatoms. The van der Waals surface area contributed by atoms with Crippen LogP contribution in [0.15, 0.2) is 0 Å². The summed E-state index contributed by atoms with van der Waals surface area (Å²) < 4.78 is 0. The first-order valence-electron chi connectivity index (χ1n) is 6.00. The van der Waals surface area contributed by atoms with E-state index in [0.717, 1.165) is 23.8 Å².